The molecular formula is C15H22N4O. The molecule has 0 saturated carbocycles. The second kappa shape index (κ2) is 7.77. The highest BCUT2D eigenvalue weighted by molar-refractivity contribution is 5.40. The Morgan fingerprint density at radius 2 is 2.05 bits per heavy atom. The molecule has 1 aromatic carbocycles. The largest absolute Gasteiger partial charge is 0.384 e. The number of hydrogen-bond acceptors (Lipinski definition) is 4. The molecule has 2 N–H and O–H groups in total. The van der Waals surface area contributed by atoms with Crippen LogP contribution in [0.3, 0.4) is 0 Å². The molecule has 0 atom stereocenters. The number of aryl methyl sites for hydroxylation is 1. The molecule has 0 unspecified atom stereocenters. The van der Waals surface area contributed by atoms with Gasteiger partial charge in [-0.2, -0.15) is 0 Å². The van der Waals surface area contributed by atoms with Gasteiger partial charge in [0.25, 0.3) is 0 Å². The molecule has 0 amide bonds. The van der Waals surface area contributed by atoms with Crippen molar-refractivity contribution in [2.24, 2.45) is 5.73 Å². The molecule has 0 aliphatic heterocycles. The Balaban J connectivity index is 2.11. The van der Waals surface area contributed by atoms with Gasteiger partial charge in [0.05, 0.1) is 24.2 Å². The van der Waals surface area contributed by atoms with Gasteiger partial charge in [0.1, 0.15) is 0 Å². The van der Waals surface area contributed by atoms with Crippen molar-refractivity contribution in [2.45, 2.75) is 25.7 Å². The van der Waals surface area contributed by atoms with E-state index >= 15 is 0 Å². The highest BCUT2D eigenvalue weighted by Crippen LogP contribution is 2.15. The summed E-state index contributed by atoms with van der Waals surface area (Å²) in [6, 6.07) is 8.21. The summed E-state index contributed by atoms with van der Waals surface area (Å²) in [7, 11) is 1.72. The van der Waals surface area contributed by atoms with Crippen LogP contribution in [0.15, 0.2) is 30.5 Å². The fourth-order valence-corrected chi connectivity index (χ4v) is 2.14. The van der Waals surface area contributed by atoms with Crippen molar-refractivity contribution in [1.29, 1.82) is 0 Å². The van der Waals surface area contributed by atoms with Gasteiger partial charge in [-0.05, 0) is 43.9 Å². The Kier molecular flexibility index (Phi) is 5.70. The first-order valence-corrected chi connectivity index (χ1v) is 7.03. The smallest absolute Gasteiger partial charge is 0.0831 e. The molecular weight excluding hydrogens is 252 g/mol. The molecule has 5 heteroatoms. The number of methoxy groups -OCH3 is 1. The molecule has 1 aromatic heterocycles. The molecule has 0 aliphatic carbocycles. The summed E-state index contributed by atoms with van der Waals surface area (Å²) in [5.41, 5.74) is 8.80. The molecule has 0 saturated heterocycles. The van der Waals surface area contributed by atoms with Crippen LogP contribution >= 0.6 is 0 Å². The van der Waals surface area contributed by atoms with Gasteiger partial charge in [0, 0.05) is 7.11 Å². The first-order chi connectivity index (χ1) is 9.85. The van der Waals surface area contributed by atoms with Gasteiger partial charge < -0.3 is 10.5 Å². The molecule has 0 radical (unpaired) electrons. The van der Waals surface area contributed by atoms with E-state index in [-0.39, 0.29) is 0 Å². The van der Waals surface area contributed by atoms with E-state index in [2.05, 4.69) is 22.4 Å². The number of nitrogens with zero attached hydrogens (tertiary/aromatic N) is 3. The number of rotatable bonds is 8. The van der Waals surface area contributed by atoms with Crippen LogP contribution in [-0.2, 0) is 17.6 Å². The van der Waals surface area contributed by atoms with Gasteiger partial charge in [-0.1, -0.05) is 23.4 Å². The topological polar surface area (TPSA) is 66.0 Å². The molecule has 1 heterocycles. The number of nitrogens with two attached hydrogens (primary N) is 1. The lowest BCUT2D eigenvalue weighted by atomic mass is 10.1. The third kappa shape index (κ3) is 3.88. The van der Waals surface area contributed by atoms with Gasteiger partial charge in [-0.25, -0.2) is 4.68 Å². The van der Waals surface area contributed by atoms with Gasteiger partial charge in [-0.15, -0.1) is 5.10 Å². The van der Waals surface area contributed by atoms with Gasteiger partial charge in [0.15, 0.2) is 0 Å². The third-order valence-electron chi connectivity index (χ3n) is 3.24. The molecule has 0 fully saturated rings. The van der Waals surface area contributed by atoms with E-state index in [4.69, 9.17) is 10.5 Å². The van der Waals surface area contributed by atoms with Crippen LogP contribution in [0.5, 0.6) is 0 Å². The van der Waals surface area contributed by atoms with E-state index in [1.807, 2.05) is 23.0 Å². The fraction of sp³-hybridized carbons (Fsp3) is 0.467. The Labute approximate surface area is 119 Å². The number of unbranched alkanes of at least 4 members (excludes halogenated alkanes) is 1. The highest BCUT2D eigenvalue weighted by Gasteiger charge is 2.07. The van der Waals surface area contributed by atoms with Crippen molar-refractivity contribution >= 4 is 0 Å². The van der Waals surface area contributed by atoms with E-state index in [0.717, 1.165) is 43.6 Å². The monoisotopic (exact) mass is 274 g/mol. The van der Waals surface area contributed by atoms with Gasteiger partial charge >= 0.3 is 0 Å². The van der Waals surface area contributed by atoms with E-state index in [9.17, 15) is 0 Å². The zero-order valence-corrected chi connectivity index (χ0v) is 12.0. The van der Waals surface area contributed by atoms with Crippen molar-refractivity contribution in [3.8, 4) is 5.69 Å². The first-order valence-electron chi connectivity index (χ1n) is 7.03. The number of ether oxygens (including phenoxy) is 1. The molecule has 5 nitrogen and oxygen atoms in total. The number of hydrogen-bond donors (Lipinski definition) is 1. The Morgan fingerprint density at radius 1 is 1.20 bits per heavy atom. The van der Waals surface area contributed by atoms with Gasteiger partial charge in [-0.3, -0.25) is 0 Å². The lowest BCUT2D eigenvalue weighted by Crippen LogP contribution is -2.03. The fourth-order valence-electron chi connectivity index (χ4n) is 2.14. The molecule has 0 spiro atoms. The maximum absolute atomic E-state index is 5.50. The average Bonchev–Trinajstić information content (AvgIpc) is 2.94. The Hall–Kier alpha value is -1.72. The zero-order chi connectivity index (χ0) is 14.2. The summed E-state index contributed by atoms with van der Waals surface area (Å²) in [6.07, 6.45) is 5.88. The number of aromatic nitrogens is 3. The Bertz CT molecular complexity index is 524. The van der Waals surface area contributed by atoms with E-state index in [1.165, 1.54) is 5.56 Å². The normalized spacial score (nSPS) is 10.9. The van der Waals surface area contributed by atoms with Crippen LogP contribution in [-0.4, -0.2) is 35.3 Å². The summed E-state index contributed by atoms with van der Waals surface area (Å²) in [5, 5.41) is 8.46. The maximum atomic E-state index is 5.50. The van der Waals surface area contributed by atoms with Crippen molar-refractivity contribution in [3.05, 3.63) is 41.7 Å². The molecule has 20 heavy (non-hydrogen) atoms. The summed E-state index contributed by atoms with van der Waals surface area (Å²) in [4.78, 5) is 0. The van der Waals surface area contributed by atoms with Crippen LogP contribution in [0.4, 0.5) is 0 Å². The first kappa shape index (κ1) is 14.7. The van der Waals surface area contributed by atoms with Crippen molar-refractivity contribution in [2.75, 3.05) is 20.3 Å². The van der Waals surface area contributed by atoms with E-state index in [1.54, 1.807) is 7.11 Å². The minimum atomic E-state index is 0.703. The van der Waals surface area contributed by atoms with Crippen molar-refractivity contribution in [1.82, 2.24) is 15.0 Å². The maximum Gasteiger partial charge on any atom is 0.0831 e. The zero-order valence-electron chi connectivity index (χ0n) is 12.0. The standard InChI is InChI=1S/C15H22N4O/c1-20-11-9-13-6-2-3-8-15(13)19-12-14(17-18-19)7-4-5-10-16/h2-3,6,8,12H,4-5,7,9-11,16H2,1H3. The minimum Gasteiger partial charge on any atom is -0.384 e. The van der Waals surface area contributed by atoms with E-state index < -0.39 is 0 Å². The lowest BCUT2D eigenvalue weighted by Gasteiger charge is -2.07. The summed E-state index contributed by atoms with van der Waals surface area (Å²) in [5.74, 6) is 0. The average molecular weight is 274 g/mol. The van der Waals surface area contributed by atoms with Crippen LogP contribution in [0.2, 0.25) is 0 Å². The summed E-state index contributed by atoms with van der Waals surface area (Å²) < 4.78 is 7.00. The predicted molar refractivity (Wildman–Crippen MR) is 78.9 cm³/mol. The van der Waals surface area contributed by atoms with Crippen LogP contribution in [0.1, 0.15) is 24.1 Å². The van der Waals surface area contributed by atoms with Crippen LogP contribution in [0, 0.1) is 0 Å². The molecule has 2 rings (SSSR count). The minimum absolute atomic E-state index is 0.703. The molecule has 0 bridgehead atoms. The highest BCUT2D eigenvalue weighted by atomic mass is 16.5. The lowest BCUT2D eigenvalue weighted by molar-refractivity contribution is 0.202. The summed E-state index contributed by atoms with van der Waals surface area (Å²) in [6.45, 7) is 1.43. The van der Waals surface area contributed by atoms with Crippen LogP contribution < -0.4 is 5.73 Å². The van der Waals surface area contributed by atoms with Crippen molar-refractivity contribution in [3.63, 3.8) is 0 Å². The molecule has 108 valence electrons. The second-order valence-corrected chi connectivity index (χ2v) is 4.77. The quantitative estimate of drug-likeness (QED) is 0.745. The summed E-state index contributed by atoms with van der Waals surface area (Å²) >= 11 is 0. The van der Waals surface area contributed by atoms with Gasteiger partial charge in [0.2, 0.25) is 0 Å². The molecule has 0 aliphatic rings. The Morgan fingerprint density at radius 3 is 2.85 bits per heavy atom. The predicted octanol–water partition coefficient (Wildman–Crippen LogP) is 1.74. The SMILES string of the molecule is COCCc1ccccc1-n1cc(CCCCN)nn1. The second-order valence-electron chi connectivity index (χ2n) is 4.77. The molecule has 2 aromatic rings. The number of benzene rings is 1. The van der Waals surface area contributed by atoms with Crippen LogP contribution in [0.25, 0.3) is 5.69 Å². The van der Waals surface area contributed by atoms with E-state index in [0.29, 0.717) is 6.61 Å². The third-order valence-corrected chi connectivity index (χ3v) is 3.24. The van der Waals surface area contributed by atoms with Crippen molar-refractivity contribution < 1.29 is 4.74 Å². The number of para-hydroxylation sites is 1.